The molecule has 1 N–H and O–H groups in total. The summed E-state index contributed by atoms with van der Waals surface area (Å²) in [4.78, 5) is 4.01. The molecule has 1 aliphatic heterocycles. The molecule has 1 aromatic rings. The number of fused-ring (bicyclic) bond motifs is 1. The van der Waals surface area contributed by atoms with Gasteiger partial charge in [0.05, 0.1) is 0 Å². The fraction of sp³-hybridized carbons (Fsp3) is 0.125. The molecule has 3 nitrogen and oxygen atoms in total. The summed E-state index contributed by atoms with van der Waals surface area (Å²) in [5.74, 6) is 0.246. The van der Waals surface area contributed by atoms with Crippen LogP contribution in [-0.4, -0.2) is 16.7 Å². The van der Waals surface area contributed by atoms with E-state index in [4.69, 9.17) is 4.74 Å². The lowest BCUT2D eigenvalue weighted by Crippen LogP contribution is -2.33. The lowest BCUT2D eigenvalue weighted by Gasteiger charge is -2.04. The smallest absolute Gasteiger partial charge is 0.145 e. The lowest BCUT2D eigenvalue weighted by molar-refractivity contribution is 0.294. The number of hydrogen-bond donors (Lipinski definition) is 1. The Morgan fingerprint density at radius 1 is 1.55 bits per heavy atom. The van der Waals surface area contributed by atoms with Crippen LogP contribution in [-0.2, 0) is 4.74 Å². The quantitative estimate of drug-likeness (QED) is 0.541. The molecular weight excluding hydrogens is 142 g/mol. The number of nitrogens with zero attached hydrogens (tertiary/aromatic N) is 1. The van der Waals surface area contributed by atoms with Crippen molar-refractivity contribution >= 4 is 12.0 Å². The molecule has 0 unspecified atom stereocenters. The van der Waals surface area contributed by atoms with Crippen molar-refractivity contribution in [3.05, 3.63) is 28.9 Å². The van der Waals surface area contributed by atoms with E-state index in [1.807, 2.05) is 6.07 Å². The van der Waals surface area contributed by atoms with Gasteiger partial charge in [0, 0.05) is 11.4 Å². The van der Waals surface area contributed by atoms with E-state index in [1.165, 1.54) is 0 Å². The molecule has 2 rings (SSSR count). The minimum absolute atomic E-state index is 0.246. The summed E-state index contributed by atoms with van der Waals surface area (Å²) in [5, 5.41) is 10.7. The average Bonchev–Trinajstić information content (AvgIpc) is 2.06. The third-order valence-corrected chi connectivity index (χ3v) is 1.56. The molecule has 0 bridgehead atoms. The summed E-state index contributed by atoms with van der Waals surface area (Å²) >= 11 is 0. The van der Waals surface area contributed by atoms with E-state index in [2.05, 4.69) is 4.98 Å². The van der Waals surface area contributed by atoms with E-state index >= 15 is 0 Å². The first-order chi connectivity index (χ1) is 5.38. The Morgan fingerprint density at radius 2 is 2.45 bits per heavy atom. The predicted molar refractivity (Wildman–Crippen MR) is 39.9 cm³/mol. The van der Waals surface area contributed by atoms with Crippen LogP contribution < -0.4 is 10.6 Å². The summed E-state index contributed by atoms with van der Waals surface area (Å²) in [6.45, 7) is 0.249. The Labute approximate surface area is 63.3 Å². The lowest BCUT2D eigenvalue weighted by atomic mass is 10.3. The van der Waals surface area contributed by atoms with E-state index in [0.717, 1.165) is 5.22 Å². The molecule has 0 atom stereocenters. The molecule has 1 aliphatic rings. The molecule has 0 radical (unpaired) electrons. The van der Waals surface area contributed by atoms with Gasteiger partial charge >= 0.3 is 0 Å². The van der Waals surface area contributed by atoms with Crippen molar-refractivity contribution in [3.63, 3.8) is 0 Å². The maximum atomic E-state index is 9.29. The average molecular weight is 149 g/mol. The van der Waals surface area contributed by atoms with Crippen LogP contribution in [0.4, 0.5) is 0 Å². The molecule has 0 amide bonds. The van der Waals surface area contributed by atoms with Crippen LogP contribution >= 0.6 is 0 Å². The Hall–Kier alpha value is -1.51. The number of hydrogen-bond acceptors (Lipinski definition) is 3. The summed E-state index contributed by atoms with van der Waals surface area (Å²) in [5.41, 5.74) is 0. The van der Waals surface area contributed by atoms with Crippen LogP contribution in [0.5, 0.6) is 0 Å². The van der Waals surface area contributed by atoms with E-state index < -0.39 is 0 Å². The topological polar surface area (TPSA) is 42.4 Å². The number of aliphatic hydroxyl groups excluding tert-OH is 1. The molecule has 2 heterocycles. The van der Waals surface area contributed by atoms with Gasteiger partial charge < -0.3 is 9.84 Å². The van der Waals surface area contributed by atoms with Gasteiger partial charge in [-0.15, -0.1) is 0 Å². The van der Waals surface area contributed by atoms with Crippen molar-refractivity contribution < 1.29 is 9.84 Å². The van der Waals surface area contributed by atoms with Crippen LogP contribution in [0.3, 0.4) is 0 Å². The molecule has 11 heavy (non-hydrogen) atoms. The van der Waals surface area contributed by atoms with Crippen molar-refractivity contribution in [2.45, 2.75) is 0 Å². The highest BCUT2D eigenvalue weighted by Gasteiger charge is 2.01. The number of rotatable bonds is 0. The second-order valence-electron chi connectivity index (χ2n) is 2.31. The highest BCUT2D eigenvalue weighted by molar-refractivity contribution is 5.39. The van der Waals surface area contributed by atoms with E-state index in [-0.39, 0.29) is 12.4 Å². The second kappa shape index (κ2) is 2.27. The Kier molecular flexibility index (Phi) is 1.28. The number of ether oxygens (including phenoxy) is 1. The zero-order chi connectivity index (χ0) is 7.68. The fourth-order valence-corrected chi connectivity index (χ4v) is 1.03. The molecule has 0 aliphatic carbocycles. The largest absolute Gasteiger partial charge is 0.508 e. The number of aliphatic hydroxyl groups is 1. The van der Waals surface area contributed by atoms with E-state index in [1.54, 1.807) is 18.5 Å². The first-order valence-corrected chi connectivity index (χ1v) is 3.33. The SMILES string of the molecule is OC1=c2cccnc2=COC1. The molecule has 0 fully saturated rings. The zero-order valence-corrected chi connectivity index (χ0v) is 5.82. The first kappa shape index (κ1) is 6.22. The van der Waals surface area contributed by atoms with Crippen molar-refractivity contribution in [1.29, 1.82) is 0 Å². The van der Waals surface area contributed by atoms with Crippen molar-refractivity contribution in [2.24, 2.45) is 0 Å². The van der Waals surface area contributed by atoms with Gasteiger partial charge in [-0.05, 0) is 12.1 Å². The Bertz CT molecular complexity index is 383. The summed E-state index contributed by atoms with van der Waals surface area (Å²) in [6.07, 6.45) is 3.21. The fourth-order valence-electron chi connectivity index (χ4n) is 1.03. The molecule has 0 saturated heterocycles. The van der Waals surface area contributed by atoms with Crippen LogP contribution in [0.2, 0.25) is 0 Å². The standard InChI is InChI=1S/C8H7NO2/c10-8-5-11-4-7-6(8)2-1-3-9-7/h1-4,10H,5H2. The Morgan fingerprint density at radius 3 is 3.27 bits per heavy atom. The third-order valence-electron chi connectivity index (χ3n) is 1.56. The Balaban J connectivity index is 2.89. The zero-order valence-electron chi connectivity index (χ0n) is 5.82. The van der Waals surface area contributed by atoms with Gasteiger partial charge in [-0.1, -0.05) is 0 Å². The number of pyridine rings is 1. The minimum Gasteiger partial charge on any atom is -0.508 e. The third kappa shape index (κ3) is 0.941. The summed E-state index contributed by atoms with van der Waals surface area (Å²) in [6, 6.07) is 3.60. The molecule has 0 spiro atoms. The molecule has 0 saturated carbocycles. The summed E-state index contributed by atoms with van der Waals surface area (Å²) in [7, 11) is 0. The van der Waals surface area contributed by atoms with Gasteiger partial charge in [0.2, 0.25) is 0 Å². The van der Waals surface area contributed by atoms with Crippen LogP contribution in [0.25, 0.3) is 12.0 Å². The summed E-state index contributed by atoms with van der Waals surface area (Å²) < 4.78 is 4.93. The molecule has 56 valence electrons. The van der Waals surface area contributed by atoms with Crippen molar-refractivity contribution in [2.75, 3.05) is 6.61 Å². The number of aromatic nitrogens is 1. The maximum Gasteiger partial charge on any atom is 0.145 e. The maximum absolute atomic E-state index is 9.29. The van der Waals surface area contributed by atoms with Gasteiger partial charge in [0.1, 0.15) is 24.0 Å². The van der Waals surface area contributed by atoms with Crippen LogP contribution in [0, 0.1) is 0 Å². The highest BCUT2D eigenvalue weighted by Crippen LogP contribution is 1.90. The van der Waals surface area contributed by atoms with E-state index in [0.29, 0.717) is 5.35 Å². The monoisotopic (exact) mass is 149 g/mol. The minimum atomic E-state index is 0.246. The first-order valence-electron chi connectivity index (χ1n) is 3.33. The predicted octanol–water partition coefficient (Wildman–Crippen LogP) is -0.484. The van der Waals surface area contributed by atoms with Gasteiger partial charge in [0.25, 0.3) is 0 Å². The molecular formula is C8H7NO2. The second-order valence-corrected chi connectivity index (χ2v) is 2.31. The van der Waals surface area contributed by atoms with Gasteiger partial charge in [-0.25, -0.2) is 0 Å². The molecule has 1 aromatic heterocycles. The highest BCUT2D eigenvalue weighted by atomic mass is 16.5. The van der Waals surface area contributed by atoms with Crippen LogP contribution in [0.15, 0.2) is 18.3 Å². The van der Waals surface area contributed by atoms with Gasteiger partial charge in [0.15, 0.2) is 0 Å². The molecule has 3 heteroatoms. The van der Waals surface area contributed by atoms with Gasteiger partial charge in [-0.3, -0.25) is 4.98 Å². The van der Waals surface area contributed by atoms with Crippen LogP contribution in [0.1, 0.15) is 0 Å². The van der Waals surface area contributed by atoms with Gasteiger partial charge in [-0.2, -0.15) is 0 Å². The molecule has 0 aromatic carbocycles. The van der Waals surface area contributed by atoms with Crippen molar-refractivity contribution in [1.82, 2.24) is 4.98 Å². The normalized spacial score (nSPS) is 14.7. The van der Waals surface area contributed by atoms with E-state index in [9.17, 15) is 5.11 Å². The van der Waals surface area contributed by atoms with Crippen molar-refractivity contribution in [3.8, 4) is 0 Å².